The largest absolute Gasteiger partial charge is 0.282 e. The van der Waals surface area contributed by atoms with E-state index >= 15 is 0 Å². The van der Waals surface area contributed by atoms with Gasteiger partial charge in [-0.25, -0.2) is 0 Å². The summed E-state index contributed by atoms with van der Waals surface area (Å²) in [6.45, 7) is 0. The van der Waals surface area contributed by atoms with Crippen LogP contribution in [-0.4, -0.2) is 4.92 Å². The molecule has 0 N–H and O–H groups in total. The van der Waals surface area contributed by atoms with Gasteiger partial charge < -0.3 is 0 Å². The molecule has 1 aromatic carbocycles. The predicted molar refractivity (Wildman–Crippen MR) is 53.1 cm³/mol. The Bertz CT molecular complexity index is 303. The third-order valence-electron chi connectivity index (χ3n) is 1.13. The van der Waals surface area contributed by atoms with Crippen molar-refractivity contribution in [2.45, 2.75) is 4.90 Å². The molecule has 0 saturated carbocycles. The van der Waals surface area contributed by atoms with E-state index < -0.39 is 4.92 Å². The molecular weight excluding hydrogens is 277 g/mol. The Hall–Kier alpha value is -0.300. The van der Waals surface area contributed by atoms with Crippen LogP contribution >= 0.6 is 35.2 Å². The van der Waals surface area contributed by atoms with Gasteiger partial charge in [-0.2, -0.15) is 0 Å². The van der Waals surface area contributed by atoms with Gasteiger partial charge in [-0.1, -0.05) is 0 Å². The number of hydrogen-bond donors (Lipinski definition) is 1. The number of rotatable bonds is 1. The number of halogens is 1. The minimum atomic E-state index is -0.408. The van der Waals surface area contributed by atoms with Crippen LogP contribution in [0.5, 0.6) is 0 Å². The summed E-state index contributed by atoms with van der Waals surface area (Å²) in [4.78, 5) is 10.6. The summed E-state index contributed by atoms with van der Waals surface area (Å²) in [5, 5.41) is 10.3. The molecule has 1 aromatic rings. The molecule has 1 rings (SSSR count). The molecule has 0 radical (unpaired) electrons. The summed E-state index contributed by atoms with van der Waals surface area (Å²) in [5.41, 5.74) is 0.128. The van der Waals surface area contributed by atoms with Gasteiger partial charge >= 0.3 is 0 Å². The first-order valence-electron chi connectivity index (χ1n) is 2.74. The Balaban J connectivity index is 3.20. The van der Waals surface area contributed by atoms with Gasteiger partial charge in [0.05, 0.1) is 8.49 Å². The maximum Gasteiger partial charge on any atom is 0.282 e. The SMILES string of the molecule is O=[N+]([O-])c1ccc(S)cc1I. The van der Waals surface area contributed by atoms with Gasteiger partial charge in [0, 0.05) is 11.0 Å². The van der Waals surface area contributed by atoms with Crippen molar-refractivity contribution in [3.63, 3.8) is 0 Å². The van der Waals surface area contributed by atoms with E-state index in [4.69, 9.17) is 0 Å². The number of nitro benzene ring substituents is 1. The Labute approximate surface area is 82.5 Å². The molecule has 0 bridgehead atoms. The van der Waals surface area contributed by atoms with Crippen LogP contribution in [0.2, 0.25) is 0 Å². The minimum absolute atomic E-state index is 0.128. The quantitative estimate of drug-likeness (QED) is 0.372. The van der Waals surface area contributed by atoms with E-state index in [0.717, 1.165) is 4.90 Å². The van der Waals surface area contributed by atoms with Crippen LogP contribution < -0.4 is 0 Å². The Morgan fingerprint density at radius 3 is 2.64 bits per heavy atom. The molecule has 0 aliphatic carbocycles. The van der Waals surface area contributed by atoms with Crippen molar-refractivity contribution < 1.29 is 4.92 Å². The molecule has 0 heterocycles. The van der Waals surface area contributed by atoms with Gasteiger partial charge in [0.15, 0.2) is 0 Å². The van der Waals surface area contributed by atoms with E-state index in [1.54, 1.807) is 12.1 Å². The zero-order valence-electron chi connectivity index (χ0n) is 5.32. The lowest BCUT2D eigenvalue weighted by molar-refractivity contribution is -0.385. The maximum atomic E-state index is 10.3. The van der Waals surface area contributed by atoms with Gasteiger partial charge in [-0.3, -0.25) is 10.1 Å². The molecule has 0 saturated heterocycles. The van der Waals surface area contributed by atoms with E-state index in [0.29, 0.717) is 3.57 Å². The summed E-state index contributed by atoms with van der Waals surface area (Å²) in [5.74, 6) is 0. The highest BCUT2D eigenvalue weighted by Gasteiger charge is 2.09. The summed E-state index contributed by atoms with van der Waals surface area (Å²) in [7, 11) is 0. The van der Waals surface area contributed by atoms with E-state index in [2.05, 4.69) is 12.6 Å². The monoisotopic (exact) mass is 281 g/mol. The first-order valence-corrected chi connectivity index (χ1v) is 4.27. The average Bonchev–Trinajstić information content (AvgIpc) is 1.85. The molecule has 11 heavy (non-hydrogen) atoms. The third-order valence-corrected chi connectivity index (χ3v) is 2.27. The Morgan fingerprint density at radius 1 is 1.55 bits per heavy atom. The summed E-state index contributed by atoms with van der Waals surface area (Å²) in [6, 6.07) is 4.70. The topological polar surface area (TPSA) is 43.1 Å². The van der Waals surface area contributed by atoms with Crippen LogP contribution in [-0.2, 0) is 0 Å². The number of benzene rings is 1. The second-order valence-corrected chi connectivity index (χ2v) is 3.57. The fraction of sp³-hybridized carbons (Fsp3) is 0. The fourth-order valence-electron chi connectivity index (χ4n) is 0.644. The van der Waals surface area contributed by atoms with Crippen molar-refractivity contribution in [1.82, 2.24) is 0 Å². The van der Waals surface area contributed by atoms with E-state index in [1.165, 1.54) is 6.07 Å². The van der Waals surface area contributed by atoms with Gasteiger partial charge in [0.1, 0.15) is 0 Å². The van der Waals surface area contributed by atoms with Crippen molar-refractivity contribution >= 4 is 40.9 Å². The zero-order valence-corrected chi connectivity index (χ0v) is 8.37. The highest BCUT2D eigenvalue weighted by atomic mass is 127. The molecular formula is C6H4INO2S. The van der Waals surface area contributed by atoms with Crippen molar-refractivity contribution in [3.05, 3.63) is 31.9 Å². The van der Waals surface area contributed by atoms with Gasteiger partial charge in [0.25, 0.3) is 5.69 Å². The summed E-state index contributed by atoms with van der Waals surface area (Å²) >= 11 is 5.95. The third kappa shape index (κ3) is 2.06. The number of nitro groups is 1. The van der Waals surface area contributed by atoms with Crippen LogP contribution in [0.15, 0.2) is 23.1 Å². The lowest BCUT2D eigenvalue weighted by Gasteiger charge is -1.94. The number of thiol groups is 1. The second kappa shape index (κ2) is 3.40. The summed E-state index contributed by atoms with van der Waals surface area (Å²) in [6.07, 6.45) is 0. The standard InChI is InChI=1S/C6H4INO2S/c7-5-3-4(11)1-2-6(5)8(9)10/h1-3,11H. The lowest BCUT2D eigenvalue weighted by atomic mass is 10.3. The smallest absolute Gasteiger partial charge is 0.258 e. The van der Waals surface area contributed by atoms with E-state index in [1.807, 2.05) is 22.6 Å². The molecule has 0 spiro atoms. The van der Waals surface area contributed by atoms with Crippen molar-refractivity contribution in [2.75, 3.05) is 0 Å². The predicted octanol–water partition coefficient (Wildman–Crippen LogP) is 2.49. The molecule has 5 heteroatoms. The molecule has 0 aliphatic rings. The highest BCUT2D eigenvalue weighted by molar-refractivity contribution is 14.1. The number of nitrogens with zero attached hydrogens (tertiary/aromatic N) is 1. The first kappa shape index (κ1) is 8.79. The average molecular weight is 281 g/mol. The van der Waals surface area contributed by atoms with Crippen LogP contribution in [0.1, 0.15) is 0 Å². The van der Waals surface area contributed by atoms with Crippen LogP contribution in [0.3, 0.4) is 0 Å². The number of hydrogen-bond acceptors (Lipinski definition) is 3. The van der Waals surface area contributed by atoms with Crippen molar-refractivity contribution in [1.29, 1.82) is 0 Å². The molecule has 3 nitrogen and oxygen atoms in total. The summed E-state index contributed by atoms with van der Waals surface area (Å²) < 4.78 is 0.611. The molecule has 0 aromatic heterocycles. The fourth-order valence-corrected chi connectivity index (χ4v) is 1.81. The zero-order chi connectivity index (χ0) is 8.43. The Morgan fingerprint density at radius 2 is 2.18 bits per heavy atom. The van der Waals surface area contributed by atoms with Crippen LogP contribution in [0.4, 0.5) is 5.69 Å². The van der Waals surface area contributed by atoms with Crippen LogP contribution in [0.25, 0.3) is 0 Å². The van der Waals surface area contributed by atoms with Crippen molar-refractivity contribution in [3.8, 4) is 0 Å². The Kier molecular flexibility index (Phi) is 2.72. The highest BCUT2D eigenvalue weighted by Crippen LogP contribution is 2.22. The normalized spacial score (nSPS) is 9.64. The molecule has 58 valence electrons. The molecule has 0 atom stereocenters. The molecule has 0 fully saturated rings. The first-order chi connectivity index (χ1) is 5.11. The lowest BCUT2D eigenvalue weighted by Crippen LogP contribution is -1.90. The van der Waals surface area contributed by atoms with Crippen LogP contribution in [0, 0.1) is 13.7 Å². The molecule has 0 unspecified atom stereocenters. The maximum absolute atomic E-state index is 10.3. The van der Waals surface area contributed by atoms with E-state index in [-0.39, 0.29) is 5.69 Å². The van der Waals surface area contributed by atoms with Crippen molar-refractivity contribution in [2.24, 2.45) is 0 Å². The van der Waals surface area contributed by atoms with Gasteiger partial charge in [-0.05, 0) is 34.7 Å². The molecule has 0 amide bonds. The molecule has 0 aliphatic heterocycles. The van der Waals surface area contributed by atoms with E-state index in [9.17, 15) is 10.1 Å². The minimum Gasteiger partial charge on any atom is -0.258 e. The second-order valence-electron chi connectivity index (χ2n) is 1.89. The van der Waals surface area contributed by atoms with Gasteiger partial charge in [-0.15, -0.1) is 12.6 Å². The van der Waals surface area contributed by atoms with Gasteiger partial charge in [0.2, 0.25) is 0 Å².